The lowest BCUT2D eigenvalue weighted by molar-refractivity contribution is -0.126. The summed E-state index contributed by atoms with van der Waals surface area (Å²) in [6.07, 6.45) is 2.89. The smallest absolute Gasteiger partial charge is 0.319 e. The van der Waals surface area contributed by atoms with E-state index in [0.29, 0.717) is 60.6 Å². The molecular weight excluding hydrogens is 600 g/mol. The van der Waals surface area contributed by atoms with Crippen molar-refractivity contribution in [2.24, 2.45) is 0 Å². The molecule has 0 aliphatic carbocycles. The second kappa shape index (κ2) is 11.5. The molecule has 0 N–H and O–H groups in total. The third-order valence-electron chi connectivity index (χ3n) is 9.50. The van der Waals surface area contributed by atoms with Crippen molar-refractivity contribution in [2.45, 2.75) is 43.9 Å². The molecular formula is C34H34Cl2FN5O2. The van der Waals surface area contributed by atoms with Crippen molar-refractivity contribution in [2.75, 3.05) is 44.2 Å². The van der Waals surface area contributed by atoms with Crippen LogP contribution < -0.4 is 9.64 Å². The molecule has 0 spiro atoms. The maximum atomic E-state index is 14.5. The van der Waals surface area contributed by atoms with E-state index in [4.69, 9.17) is 37.9 Å². The number of carbonyl (C=O) groups is 1. The molecule has 7 nitrogen and oxygen atoms in total. The first-order valence-electron chi connectivity index (χ1n) is 15.2. The van der Waals surface area contributed by atoms with E-state index in [2.05, 4.69) is 23.3 Å². The fourth-order valence-corrected chi connectivity index (χ4v) is 7.92. The summed E-state index contributed by atoms with van der Waals surface area (Å²) in [5.74, 6) is 0.612. The Morgan fingerprint density at radius 2 is 1.91 bits per heavy atom. The predicted octanol–water partition coefficient (Wildman–Crippen LogP) is 6.94. The van der Waals surface area contributed by atoms with Crippen LogP contribution in [0.15, 0.2) is 61.2 Å². The number of hydrogen-bond acceptors (Lipinski definition) is 6. The van der Waals surface area contributed by atoms with E-state index in [1.54, 1.807) is 4.90 Å². The van der Waals surface area contributed by atoms with Gasteiger partial charge >= 0.3 is 6.01 Å². The molecule has 10 heteroatoms. The average Bonchev–Trinajstić information content (AvgIpc) is 3.54. The fraction of sp³-hybridized carbons (Fsp3) is 0.382. The quantitative estimate of drug-likeness (QED) is 0.215. The fourth-order valence-electron chi connectivity index (χ4n) is 7.37. The molecule has 3 saturated heterocycles. The van der Waals surface area contributed by atoms with Crippen molar-refractivity contribution in [1.82, 2.24) is 19.8 Å². The minimum Gasteiger partial charge on any atom is -0.461 e. The Labute approximate surface area is 266 Å². The molecule has 0 radical (unpaired) electrons. The van der Waals surface area contributed by atoms with Gasteiger partial charge in [0.2, 0.25) is 5.91 Å². The van der Waals surface area contributed by atoms with Gasteiger partial charge in [0, 0.05) is 65.0 Å². The van der Waals surface area contributed by atoms with Crippen molar-refractivity contribution in [3.8, 4) is 17.1 Å². The summed E-state index contributed by atoms with van der Waals surface area (Å²) >= 11 is 13.7. The van der Waals surface area contributed by atoms with Crippen LogP contribution in [0.1, 0.15) is 26.2 Å². The minimum atomic E-state index is -0.848. The van der Waals surface area contributed by atoms with E-state index in [1.165, 1.54) is 6.08 Å². The maximum absolute atomic E-state index is 14.5. The lowest BCUT2D eigenvalue weighted by Crippen LogP contribution is -2.53. The molecule has 0 bridgehead atoms. The molecule has 7 rings (SSSR count). The lowest BCUT2D eigenvalue weighted by atomic mass is 9.95. The molecule has 4 heterocycles. The van der Waals surface area contributed by atoms with Crippen LogP contribution in [-0.4, -0.2) is 82.8 Å². The molecule has 3 fully saturated rings. The molecule has 44 heavy (non-hydrogen) atoms. The molecule has 1 amide bonds. The third kappa shape index (κ3) is 5.07. The highest BCUT2D eigenvalue weighted by Gasteiger charge is 2.49. The summed E-state index contributed by atoms with van der Waals surface area (Å²) in [4.78, 5) is 28.4. The van der Waals surface area contributed by atoms with Crippen LogP contribution >= 0.6 is 23.2 Å². The number of alkyl halides is 1. The first kappa shape index (κ1) is 29.3. The molecule has 3 aliphatic rings. The molecule has 3 atom stereocenters. The van der Waals surface area contributed by atoms with Gasteiger partial charge in [-0.2, -0.15) is 9.97 Å². The average molecular weight is 635 g/mol. The van der Waals surface area contributed by atoms with Gasteiger partial charge in [0.15, 0.2) is 0 Å². The van der Waals surface area contributed by atoms with Gasteiger partial charge in [0.1, 0.15) is 18.6 Å². The number of ether oxygens (including phenoxy) is 1. The maximum Gasteiger partial charge on any atom is 0.319 e. The standard InChI is InChI=1S/C34H34Cl2FN5O2/c1-3-30(43)40-13-14-42(21(2)18-40)32-26-15-28(36)25(24-9-4-7-22-8-5-10-27(35)31(22)24)16-29(26)38-33(39-32)44-20-34-11-6-12-41(34)19-23(37)17-34/h3-5,7-10,15-16,21,23H,1,6,11-14,17-20H2,2H3/t21-,23+,34-/m0/s1. The second-order valence-corrected chi connectivity index (χ2v) is 13.0. The van der Waals surface area contributed by atoms with Crippen LogP contribution in [-0.2, 0) is 4.79 Å². The topological polar surface area (TPSA) is 61.8 Å². The molecule has 4 aromatic rings. The largest absolute Gasteiger partial charge is 0.461 e. The SMILES string of the molecule is C=CC(=O)N1CCN(c2nc(OC[C@@]34CCCN3C[C@H](F)C4)nc3cc(-c4cccc5cccc(Cl)c45)c(Cl)cc23)[C@@H](C)C1. The number of aromatic nitrogens is 2. The zero-order valence-electron chi connectivity index (χ0n) is 24.6. The van der Waals surface area contributed by atoms with E-state index in [0.717, 1.165) is 46.7 Å². The number of hydrogen-bond donors (Lipinski definition) is 0. The lowest BCUT2D eigenvalue weighted by Gasteiger charge is -2.40. The Kier molecular flexibility index (Phi) is 7.63. The number of rotatable bonds is 6. The molecule has 3 aromatic carbocycles. The molecule has 228 valence electrons. The number of piperazine rings is 1. The van der Waals surface area contributed by atoms with E-state index in [9.17, 15) is 9.18 Å². The van der Waals surface area contributed by atoms with Crippen molar-refractivity contribution < 1.29 is 13.9 Å². The van der Waals surface area contributed by atoms with Crippen LogP contribution in [0.25, 0.3) is 32.8 Å². The molecule has 0 unspecified atom stereocenters. The van der Waals surface area contributed by atoms with Gasteiger partial charge in [0.25, 0.3) is 0 Å². The van der Waals surface area contributed by atoms with Crippen molar-refractivity contribution in [3.63, 3.8) is 0 Å². The summed E-state index contributed by atoms with van der Waals surface area (Å²) in [6, 6.07) is 16.0. The van der Waals surface area contributed by atoms with Crippen molar-refractivity contribution in [1.29, 1.82) is 0 Å². The Hall–Kier alpha value is -3.46. The Balaban J connectivity index is 1.33. The Morgan fingerprint density at radius 1 is 1.09 bits per heavy atom. The van der Waals surface area contributed by atoms with Gasteiger partial charge in [-0.15, -0.1) is 0 Å². The highest BCUT2D eigenvalue weighted by molar-refractivity contribution is 6.38. The summed E-state index contributed by atoms with van der Waals surface area (Å²) in [6.45, 7) is 9.02. The van der Waals surface area contributed by atoms with E-state index >= 15 is 0 Å². The highest BCUT2D eigenvalue weighted by atomic mass is 35.5. The number of halogens is 3. The van der Waals surface area contributed by atoms with Gasteiger partial charge in [0.05, 0.1) is 11.1 Å². The van der Waals surface area contributed by atoms with Gasteiger partial charge in [-0.25, -0.2) is 4.39 Å². The number of carbonyl (C=O) groups excluding carboxylic acids is 1. The molecule has 0 saturated carbocycles. The van der Waals surface area contributed by atoms with Crippen LogP contribution in [0.2, 0.25) is 10.0 Å². The van der Waals surface area contributed by atoms with E-state index in [1.807, 2.05) is 48.5 Å². The van der Waals surface area contributed by atoms with Gasteiger partial charge in [-0.05, 0) is 61.5 Å². The number of anilines is 1. The predicted molar refractivity (Wildman–Crippen MR) is 175 cm³/mol. The van der Waals surface area contributed by atoms with Crippen LogP contribution in [0.3, 0.4) is 0 Å². The third-order valence-corrected chi connectivity index (χ3v) is 10.1. The zero-order valence-corrected chi connectivity index (χ0v) is 26.1. The first-order chi connectivity index (χ1) is 21.3. The number of benzene rings is 3. The van der Waals surface area contributed by atoms with E-state index in [-0.39, 0.29) is 23.5 Å². The highest BCUT2D eigenvalue weighted by Crippen LogP contribution is 2.42. The summed E-state index contributed by atoms with van der Waals surface area (Å²) in [5, 5.41) is 3.92. The van der Waals surface area contributed by atoms with Crippen LogP contribution in [0.4, 0.5) is 10.2 Å². The summed E-state index contributed by atoms with van der Waals surface area (Å²) in [5.41, 5.74) is 2.07. The molecule has 3 aliphatic heterocycles. The number of amides is 1. The zero-order chi connectivity index (χ0) is 30.6. The normalized spacial score (nSPS) is 23.8. The van der Waals surface area contributed by atoms with Gasteiger partial charge < -0.3 is 14.5 Å². The molecule has 1 aromatic heterocycles. The Morgan fingerprint density at radius 3 is 2.70 bits per heavy atom. The monoisotopic (exact) mass is 633 g/mol. The summed E-state index contributed by atoms with van der Waals surface area (Å²) < 4.78 is 20.9. The Bertz CT molecular complexity index is 1780. The number of fused-ring (bicyclic) bond motifs is 3. The number of nitrogens with zero attached hydrogens (tertiary/aromatic N) is 5. The first-order valence-corrected chi connectivity index (χ1v) is 15.9. The van der Waals surface area contributed by atoms with Gasteiger partial charge in [-0.1, -0.05) is 60.1 Å². The second-order valence-electron chi connectivity index (χ2n) is 12.2. The van der Waals surface area contributed by atoms with Crippen molar-refractivity contribution >= 4 is 56.6 Å². The van der Waals surface area contributed by atoms with Crippen LogP contribution in [0.5, 0.6) is 6.01 Å². The minimum absolute atomic E-state index is 0.0278. The van der Waals surface area contributed by atoms with E-state index < -0.39 is 6.17 Å². The summed E-state index contributed by atoms with van der Waals surface area (Å²) in [7, 11) is 0. The van der Waals surface area contributed by atoms with Crippen molar-refractivity contribution in [3.05, 3.63) is 71.2 Å². The van der Waals surface area contributed by atoms with Gasteiger partial charge in [-0.3, -0.25) is 9.69 Å². The van der Waals surface area contributed by atoms with Crippen LogP contribution in [0, 0.1) is 0 Å².